The number of hydrogen-bond acceptors (Lipinski definition) is 12. The van der Waals surface area contributed by atoms with Crippen molar-refractivity contribution in [1.29, 1.82) is 0 Å². The summed E-state index contributed by atoms with van der Waals surface area (Å²) in [5.41, 5.74) is 1.30. The first-order valence-corrected chi connectivity index (χ1v) is 16.4. The molecule has 0 unspecified atom stereocenters. The molecule has 4 amide bonds. The number of benzene rings is 2. The number of aliphatic hydroxyl groups excluding tert-OH is 2. The van der Waals surface area contributed by atoms with Gasteiger partial charge in [0.2, 0.25) is 29.4 Å². The van der Waals surface area contributed by atoms with Gasteiger partial charge < -0.3 is 56.5 Å². The van der Waals surface area contributed by atoms with Crippen LogP contribution in [-0.2, 0) is 46.3 Å². The van der Waals surface area contributed by atoms with Crippen LogP contribution in [0.4, 0.5) is 0 Å². The first kappa shape index (κ1) is 38.2. The van der Waals surface area contributed by atoms with Crippen molar-refractivity contribution in [2.75, 3.05) is 26.2 Å². The molecule has 2 aliphatic rings. The predicted molar refractivity (Wildman–Crippen MR) is 176 cm³/mol. The van der Waals surface area contributed by atoms with E-state index in [0.717, 1.165) is 0 Å². The van der Waals surface area contributed by atoms with E-state index in [0.29, 0.717) is 11.1 Å². The number of phenols is 1. The standard InChI is InChI=1S/C34H45N5O11/c1-19(2)12-25-33(47)49-17-26-29(43)30(44)34(48,50-26)18-37-23(13-21-8-10-22(40)11-9-21)31(45)36-15-27(41)35-16-28(42)38-24(32(46)39-25)14-20-6-4-3-5-7-20/h3-11,19,23-26,29-30,37,40,43-44,48H,12-18H2,1-2H3,(H,35,41)(H,36,45)(H,38,42)(H,39,46)/t23-,24-,25-,26+,29-,30-,34+/m0/s1. The zero-order chi connectivity index (χ0) is 36.4. The zero-order valence-corrected chi connectivity index (χ0v) is 27.8. The molecule has 7 atom stereocenters. The molecule has 2 bridgehead atoms. The van der Waals surface area contributed by atoms with Gasteiger partial charge in [-0.25, -0.2) is 4.79 Å². The van der Waals surface area contributed by atoms with E-state index in [9.17, 15) is 44.4 Å². The van der Waals surface area contributed by atoms with Crippen LogP contribution in [0, 0.1) is 5.92 Å². The third-order valence-corrected chi connectivity index (χ3v) is 8.32. The molecule has 50 heavy (non-hydrogen) atoms. The van der Waals surface area contributed by atoms with E-state index in [1.807, 2.05) is 13.8 Å². The minimum atomic E-state index is -2.43. The molecule has 9 N–H and O–H groups in total. The van der Waals surface area contributed by atoms with E-state index < -0.39 is 98.1 Å². The van der Waals surface area contributed by atoms with Crippen LogP contribution in [-0.4, -0.2) is 118 Å². The van der Waals surface area contributed by atoms with Crippen LogP contribution in [0.5, 0.6) is 5.75 Å². The SMILES string of the molecule is CC(C)C[C@@H]1NC(=O)[C@H](Cc2ccccc2)NC(=O)CNC(=O)CNC(=O)[C@H](Cc2ccc(O)cc2)NC[C@@]2(O)O[C@H](COC1=O)[C@H](O)[C@@H]2O. The number of β-amino-alcohol motifs (C(OH)–C–C–N with tert-alkyl or cyclic N) is 1. The highest BCUT2D eigenvalue weighted by Gasteiger charge is 2.54. The van der Waals surface area contributed by atoms with Gasteiger partial charge in [0.05, 0.1) is 25.7 Å². The van der Waals surface area contributed by atoms with E-state index in [1.54, 1.807) is 42.5 Å². The summed E-state index contributed by atoms with van der Waals surface area (Å²) in [4.78, 5) is 65.6. The molecule has 272 valence electrons. The minimum absolute atomic E-state index is 0.00152. The van der Waals surface area contributed by atoms with Crippen molar-refractivity contribution in [2.45, 2.75) is 75.3 Å². The number of aliphatic hydroxyl groups is 3. The van der Waals surface area contributed by atoms with Crippen LogP contribution in [0.3, 0.4) is 0 Å². The predicted octanol–water partition coefficient (Wildman–Crippen LogP) is -2.25. The van der Waals surface area contributed by atoms with Gasteiger partial charge in [0.25, 0.3) is 0 Å². The summed E-state index contributed by atoms with van der Waals surface area (Å²) in [6.07, 6.45) is -4.76. The summed E-state index contributed by atoms with van der Waals surface area (Å²) in [5, 5.41) is 55.2. The number of rotatable bonds is 6. The van der Waals surface area contributed by atoms with E-state index in [-0.39, 0.29) is 30.9 Å². The Labute approximate surface area is 288 Å². The maximum absolute atomic E-state index is 13.5. The first-order valence-electron chi connectivity index (χ1n) is 16.4. The second-order valence-electron chi connectivity index (χ2n) is 12.9. The quantitative estimate of drug-likeness (QED) is 0.145. The van der Waals surface area contributed by atoms with Gasteiger partial charge in [-0.3, -0.25) is 19.2 Å². The second kappa shape index (κ2) is 17.4. The highest BCUT2D eigenvalue weighted by atomic mass is 16.7. The summed E-state index contributed by atoms with van der Waals surface area (Å²) < 4.78 is 11.0. The lowest BCUT2D eigenvalue weighted by molar-refractivity contribution is -0.228. The van der Waals surface area contributed by atoms with Crippen LogP contribution >= 0.6 is 0 Å². The lowest BCUT2D eigenvalue weighted by Gasteiger charge is -2.29. The maximum atomic E-state index is 13.5. The number of hydrogen-bond donors (Lipinski definition) is 9. The normalized spacial score (nSPS) is 29.2. The number of cyclic esters (lactones) is 1. The number of nitrogens with one attached hydrogen (secondary N) is 5. The average Bonchev–Trinajstić information content (AvgIpc) is 3.30. The maximum Gasteiger partial charge on any atom is 0.328 e. The molecule has 2 saturated heterocycles. The van der Waals surface area contributed by atoms with Gasteiger partial charge in [-0.05, 0) is 42.0 Å². The molecule has 0 aliphatic carbocycles. The molecular formula is C34H45N5O11. The molecule has 0 aromatic heterocycles. The van der Waals surface area contributed by atoms with Gasteiger partial charge in [-0.15, -0.1) is 0 Å². The molecule has 16 heteroatoms. The van der Waals surface area contributed by atoms with Crippen LogP contribution < -0.4 is 26.6 Å². The van der Waals surface area contributed by atoms with Crippen LogP contribution in [0.2, 0.25) is 0 Å². The third kappa shape index (κ3) is 10.7. The van der Waals surface area contributed by atoms with Gasteiger partial charge in [0.1, 0.15) is 42.8 Å². The molecule has 4 rings (SSSR count). The largest absolute Gasteiger partial charge is 0.508 e. The molecule has 0 spiro atoms. The molecular weight excluding hydrogens is 654 g/mol. The van der Waals surface area contributed by atoms with Gasteiger partial charge >= 0.3 is 5.97 Å². The number of carbonyl (C=O) groups is 5. The highest BCUT2D eigenvalue weighted by Crippen LogP contribution is 2.29. The highest BCUT2D eigenvalue weighted by molar-refractivity contribution is 5.93. The number of carbonyl (C=O) groups excluding carboxylic acids is 5. The second-order valence-corrected chi connectivity index (χ2v) is 12.9. The van der Waals surface area contributed by atoms with Crippen molar-refractivity contribution in [3.05, 3.63) is 65.7 Å². The fraction of sp³-hybridized carbons (Fsp3) is 0.500. The molecule has 2 aliphatic heterocycles. The van der Waals surface area contributed by atoms with Crippen LogP contribution in [0.25, 0.3) is 0 Å². The number of ether oxygens (including phenoxy) is 2. The van der Waals surface area contributed by atoms with E-state index in [1.165, 1.54) is 12.1 Å². The lowest BCUT2D eigenvalue weighted by Crippen LogP contribution is -2.56. The van der Waals surface area contributed by atoms with Crippen molar-refractivity contribution in [2.24, 2.45) is 5.92 Å². The van der Waals surface area contributed by atoms with Crippen molar-refractivity contribution < 1.29 is 53.9 Å². The van der Waals surface area contributed by atoms with Crippen LogP contribution in [0.1, 0.15) is 31.4 Å². The van der Waals surface area contributed by atoms with Gasteiger partial charge in [0.15, 0.2) is 0 Å². The Morgan fingerprint density at radius 2 is 1.44 bits per heavy atom. The Morgan fingerprint density at radius 1 is 0.800 bits per heavy atom. The average molecular weight is 700 g/mol. The Morgan fingerprint density at radius 3 is 2.12 bits per heavy atom. The van der Waals surface area contributed by atoms with Gasteiger partial charge in [-0.2, -0.15) is 0 Å². The summed E-state index contributed by atoms with van der Waals surface area (Å²) in [7, 11) is 0. The monoisotopic (exact) mass is 699 g/mol. The Hall–Kier alpha value is -4.61. The number of phenolic OH excluding ortho intramolecular Hbond substituents is 1. The van der Waals surface area contributed by atoms with E-state index >= 15 is 0 Å². The molecule has 0 saturated carbocycles. The Bertz CT molecular complexity index is 1490. The molecule has 2 aromatic rings. The van der Waals surface area contributed by atoms with E-state index in [2.05, 4.69) is 26.6 Å². The summed E-state index contributed by atoms with van der Waals surface area (Å²) >= 11 is 0. The number of fused-ring (bicyclic) bond motifs is 2. The van der Waals surface area contributed by atoms with Gasteiger partial charge in [-0.1, -0.05) is 56.3 Å². The molecule has 16 nitrogen and oxygen atoms in total. The Balaban J connectivity index is 1.59. The van der Waals surface area contributed by atoms with Crippen molar-refractivity contribution >= 4 is 29.6 Å². The number of amides is 4. The first-order chi connectivity index (χ1) is 23.7. The molecule has 0 radical (unpaired) electrons. The summed E-state index contributed by atoms with van der Waals surface area (Å²) in [6.45, 7) is 1.42. The molecule has 2 aromatic carbocycles. The fourth-order valence-electron chi connectivity index (χ4n) is 5.60. The summed E-state index contributed by atoms with van der Waals surface area (Å²) in [6, 6.07) is 11.3. The smallest absolute Gasteiger partial charge is 0.328 e. The minimum Gasteiger partial charge on any atom is -0.508 e. The summed E-state index contributed by atoms with van der Waals surface area (Å²) in [5.74, 6) is -6.19. The topological polar surface area (TPSA) is 245 Å². The lowest BCUT2D eigenvalue weighted by atomic mass is 10.0. The van der Waals surface area contributed by atoms with Gasteiger partial charge in [0, 0.05) is 6.42 Å². The molecule has 2 heterocycles. The Kier molecular flexibility index (Phi) is 13.3. The number of esters is 1. The van der Waals surface area contributed by atoms with Crippen LogP contribution in [0.15, 0.2) is 54.6 Å². The van der Waals surface area contributed by atoms with E-state index in [4.69, 9.17) is 9.47 Å². The third-order valence-electron chi connectivity index (χ3n) is 8.32. The molecule has 2 fully saturated rings. The van der Waals surface area contributed by atoms with Crippen molar-refractivity contribution in [3.8, 4) is 5.75 Å². The van der Waals surface area contributed by atoms with Crippen molar-refractivity contribution in [1.82, 2.24) is 26.6 Å². The van der Waals surface area contributed by atoms with Crippen molar-refractivity contribution in [3.63, 3.8) is 0 Å². The number of aromatic hydroxyl groups is 1. The zero-order valence-electron chi connectivity index (χ0n) is 27.8. The fourth-order valence-corrected chi connectivity index (χ4v) is 5.60.